The van der Waals surface area contributed by atoms with Crippen molar-refractivity contribution in [1.29, 1.82) is 0 Å². The summed E-state index contributed by atoms with van der Waals surface area (Å²) in [6.45, 7) is 5.77. The summed E-state index contributed by atoms with van der Waals surface area (Å²) in [5, 5.41) is 14.7. The molecule has 0 atom stereocenters. The number of aryl methyl sites for hydroxylation is 1. The number of likely N-dealkylation sites (tertiary alicyclic amines) is 1. The summed E-state index contributed by atoms with van der Waals surface area (Å²) in [7, 11) is 1.76. The van der Waals surface area contributed by atoms with Crippen LogP contribution >= 0.6 is 24.0 Å². The smallest absolute Gasteiger partial charge is 0.222 e. The van der Waals surface area contributed by atoms with Crippen LogP contribution in [0.3, 0.4) is 0 Å². The highest BCUT2D eigenvalue weighted by molar-refractivity contribution is 14.0. The molecule has 1 aliphatic heterocycles. The number of hydrogen-bond acceptors (Lipinski definition) is 4. The van der Waals surface area contributed by atoms with Gasteiger partial charge in [0.25, 0.3) is 0 Å². The summed E-state index contributed by atoms with van der Waals surface area (Å²) in [5.74, 6) is 1.98. The molecule has 1 aromatic carbocycles. The number of halogens is 1. The molecule has 1 fully saturated rings. The Hall–Kier alpha value is -2.17. The second-order valence-electron chi connectivity index (χ2n) is 6.83. The number of rotatable bonds is 8. The lowest BCUT2D eigenvalue weighted by Gasteiger charge is -2.19. The van der Waals surface area contributed by atoms with E-state index < -0.39 is 0 Å². The van der Waals surface area contributed by atoms with Crippen molar-refractivity contribution in [2.45, 2.75) is 45.8 Å². The van der Waals surface area contributed by atoms with Gasteiger partial charge in [-0.2, -0.15) is 0 Å². The molecule has 8 nitrogen and oxygen atoms in total. The molecule has 2 N–H and O–H groups in total. The van der Waals surface area contributed by atoms with Gasteiger partial charge < -0.3 is 20.1 Å². The van der Waals surface area contributed by atoms with Crippen LogP contribution in [0.15, 0.2) is 35.6 Å². The van der Waals surface area contributed by atoms with E-state index in [4.69, 9.17) is 0 Å². The number of nitrogens with zero attached hydrogens (tertiary/aromatic N) is 5. The van der Waals surface area contributed by atoms with Gasteiger partial charge >= 0.3 is 0 Å². The normalized spacial score (nSPS) is 14.1. The molecule has 2 heterocycles. The molecule has 0 saturated carbocycles. The van der Waals surface area contributed by atoms with E-state index in [-0.39, 0.29) is 29.9 Å². The zero-order chi connectivity index (χ0) is 19.8. The summed E-state index contributed by atoms with van der Waals surface area (Å²) in [6, 6.07) is 8.25. The number of nitrogens with one attached hydrogen (secondary N) is 2. The van der Waals surface area contributed by atoms with Crippen molar-refractivity contribution >= 4 is 35.8 Å². The van der Waals surface area contributed by atoms with Crippen LogP contribution in [0, 0.1) is 0 Å². The quantitative estimate of drug-likeness (QED) is 0.322. The van der Waals surface area contributed by atoms with Gasteiger partial charge in [0.15, 0.2) is 5.96 Å². The van der Waals surface area contributed by atoms with Crippen molar-refractivity contribution in [3.05, 3.63) is 47.5 Å². The number of benzene rings is 1. The maximum Gasteiger partial charge on any atom is 0.222 e. The summed E-state index contributed by atoms with van der Waals surface area (Å²) in [6.07, 6.45) is 4.25. The molecular formula is C20H30IN7O. The molecule has 158 valence electrons. The average molecular weight is 511 g/mol. The Balaban J connectivity index is 0.00000300. The van der Waals surface area contributed by atoms with Gasteiger partial charge in [-0.1, -0.05) is 31.2 Å². The van der Waals surface area contributed by atoms with Crippen LogP contribution in [-0.4, -0.2) is 51.7 Å². The first kappa shape index (κ1) is 23.1. The standard InChI is InChI=1S/C20H29N7O.HI/c1-3-18-25-24-15-27(18)12-10-22-20(21-2)23-13-16-7-4-5-8-17(16)14-26-11-6-9-19(26)28;/h4-5,7-8,15H,3,6,9-14H2,1-2H3,(H2,21,22,23);1H. The van der Waals surface area contributed by atoms with Crippen molar-refractivity contribution < 1.29 is 4.79 Å². The van der Waals surface area contributed by atoms with E-state index in [1.807, 2.05) is 21.6 Å². The van der Waals surface area contributed by atoms with E-state index in [9.17, 15) is 4.79 Å². The molecule has 0 aliphatic carbocycles. The minimum absolute atomic E-state index is 0. The van der Waals surface area contributed by atoms with Gasteiger partial charge in [0.1, 0.15) is 12.2 Å². The van der Waals surface area contributed by atoms with Gasteiger partial charge in [-0.25, -0.2) is 0 Å². The van der Waals surface area contributed by atoms with E-state index in [1.165, 1.54) is 11.1 Å². The minimum Gasteiger partial charge on any atom is -0.355 e. The van der Waals surface area contributed by atoms with Gasteiger partial charge in [0.2, 0.25) is 5.91 Å². The first-order chi connectivity index (χ1) is 13.7. The Morgan fingerprint density at radius 1 is 1.24 bits per heavy atom. The fourth-order valence-electron chi connectivity index (χ4n) is 3.39. The Morgan fingerprint density at radius 3 is 2.72 bits per heavy atom. The molecule has 1 aromatic heterocycles. The van der Waals surface area contributed by atoms with Crippen LogP contribution in [0.2, 0.25) is 0 Å². The van der Waals surface area contributed by atoms with Crippen molar-refractivity contribution in [2.75, 3.05) is 20.1 Å². The second-order valence-corrected chi connectivity index (χ2v) is 6.83. The summed E-state index contributed by atoms with van der Waals surface area (Å²) < 4.78 is 2.04. The molecule has 1 aliphatic rings. The molecule has 3 rings (SSSR count). The molecule has 1 amide bonds. The molecular weight excluding hydrogens is 481 g/mol. The predicted octanol–water partition coefficient (Wildman–Crippen LogP) is 1.95. The molecule has 2 aromatic rings. The Labute approximate surface area is 189 Å². The summed E-state index contributed by atoms with van der Waals surface area (Å²) in [4.78, 5) is 18.2. The monoisotopic (exact) mass is 511 g/mol. The van der Waals surface area contributed by atoms with Gasteiger partial charge in [-0.05, 0) is 17.5 Å². The van der Waals surface area contributed by atoms with Crippen molar-refractivity contribution in [2.24, 2.45) is 4.99 Å². The van der Waals surface area contributed by atoms with Crippen molar-refractivity contribution in [1.82, 2.24) is 30.3 Å². The molecule has 29 heavy (non-hydrogen) atoms. The third-order valence-electron chi connectivity index (χ3n) is 4.98. The molecule has 0 unspecified atom stereocenters. The van der Waals surface area contributed by atoms with Crippen molar-refractivity contribution in [3.8, 4) is 0 Å². The second kappa shape index (κ2) is 11.7. The van der Waals surface area contributed by atoms with Crippen LogP contribution < -0.4 is 10.6 Å². The first-order valence-corrected chi connectivity index (χ1v) is 9.87. The largest absolute Gasteiger partial charge is 0.355 e. The number of carbonyl (C=O) groups is 1. The zero-order valence-corrected chi connectivity index (χ0v) is 19.4. The average Bonchev–Trinajstić information content (AvgIpc) is 3.34. The highest BCUT2D eigenvalue weighted by atomic mass is 127. The number of aliphatic imine (C=N–C) groups is 1. The summed E-state index contributed by atoms with van der Waals surface area (Å²) in [5.41, 5.74) is 2.36. The Morgan fingerprint density at radius 2 is 2.03 bits per heavy atom. The minimum atomic E-state index is 0. The van der Waals surface area contributed by atoms with E-state index >= 15 is 0 Å². The Bertz CT molecular complexity index is 821. The van der Waals surface area contributed by atoms with Crippen LogP contribution in [0.5, 0.6) is 0 Å². The zero-order valence-electron chi connectivity index (χ0n) is 17.1. The first-order valence-electron chi connectivity index (χ1n) is 9.87. The van der Waals surface area contributed by atoms with Crippen LogP contribution in [-0.2, 0) is 30.8 Å². The van der Waals surface area contributed by atoms with Crippen LogP contribution in [0.4, 0.5) is 0 Å². The number of hydrogen-bond donors (Lipinski definition) is 2. The maximum absolute atomic E-state index is 11.9. The third kappa shape index (κ3) is 6.41. The Kier molecular flexibility index (Phi) is 9.36. The number of amides is 1. The molecule has 0 bridgehead atoms. The molecule has 0 spiro atoms. The lowest BCUT2D eigenvalue weighted by atomic mass is 10.1. The van der Waals surface area contributed by atoms with E-state index in [2.05, 4.69) is 44.9 Å². The SMILES string of the molecule is CCc1nncn1CCNC(=NC)NCc1ccccc1CN1CCCC1=O.I. The van der Waals surface area contributed by atoms with Gasteiger partial charge in [-0.3, -0.25) is 9.79 Å². The number of guanidine groups is 1. The van der Waals surface area contributed by atoms with Gasteiger partial charge in [-0.15, -0.1) is 34.2 Å². The topological polar surface area (TPSA) is 87.4 Å². The van der Waals surface area contributed by atoms with Gasteiger partial charge in [0.05, 0.1) is 0 Å². The van der Waals surface area contributed by atoms with Crippen LogP contribution in [0.1, 0.15) is 36.7 Å². The molecule has 9 heteroatoms. The highest BCUT2D eigenvalue weighted by Gasteiger charge is 2.20. The lowest BCUT2D eigenvalue weighted by molar-refractivity contribution is -0.128. The fourth-order valence-corrected chi connectivity index (χ4v) is 3.39. The summed E-state index contributed by atoms with van der Waals surface area (Å²) >= 11 is 0. The molecule has 0 radical (unpaired) electrons. The van der Waals surface area contributed by atoms with Crippen LogP contribution in [0.25, 0.3) is 0 Å². The maximum atomic E-state index is 11.9. The van der Waals surface area contributed by atoms with E-state index in [0.29, 0.717) is 19.5 Å². The lowest BCUT2D eigenvalue weighted by Crippen LogP contribution is -2.38. The van der Waals surface area contributed by atoms with E-state index in [1.54, 1.807) is 13.4 Å². The van der Waals surface area contributed by atoms with E-state index in [0.717, 1.165) is 44.3 Å². The van der Waals surface area contributed by atoms with Crippen molar-refractivity contribution in [3.63, 3.8) is 0 Å². The fraction of sp³-hybridized carbons (Fsp3) is 0.500. The third-order valence-corrected chi connectivity index (χ3v) is 4.98. The number of aromatic nitrogens is 3. The molecule has 1 saturated heterocycles. The van der Waals surface area contributed by atoms with Gasteiger partial charge in [0, 0.05) is 52.6 Å². The number of carbonyl (C=O) groups excluding carboxylic acids is 1. The highest BCUT2D eigenvalue weighted by Crippen LogP contribution is 2.17. The predicted molar refractivity (Wildman–Crippen MR) is 124 cm³/mol.